The molecule has 1 aromatic carbocycles. The first-order valence-electron chi connectivity index (χ1n) is 8.92. The van der Waals surface area contributed by atoms with Gasteiger partial charge in [0.1, 0.15) is 12.1 Å². The summed E-state index contributed by atoms with van der Waals surface area (Å²) in [4.78, 5) is 32.6. The molecule has 0 aliphatic heterocycles. The molecule has 29 heavy (non-hydrogen) atoms. The Morgan fingerprint density at radius 2 is 2.07 bits per heavy atom. The van der Waals surface area contributed by atoms with Crippen molar-refractivity contribution in [3.63, 3.8) is 0 Å². The van der Waals surface area contributed by atoms with Gasteiger partial charge in [-0.05, 0) is 30.7 Å². The van der Waals surface area contributed by atoms with E-state index in [-0.39, 0.29) is 18.7 Å². The second-order valence-corrected chi connectivity index (χ2v) is 6.15. The van der Waals surface area contributed by atoms with Crippen molar-refractivity contribution in [1.29, 1.82) is 0 Å². The first kappa shape index (κ1) is 18.4. The van der Waals surface area contributed by atoms with E-state index in [1.807, 2.05) is 6.07 Å². The molecule has 4 rings (SSSR count). The van der Waals surface area contributed by atoms with Gasteiger partial charge in [-0.1, -0.05) is 22.5 Å². The third-order valence-corrected chi connectivity index (χ3v) is 4.09. The fourth-order valence-corrected chi connectivity index (χ4v) is 2.67. The molecule has 10 heteroatoms. The number of hydrogen-bond donors (Lipinski definition) is 0. The Balaban J connectivity index is 1.27. The summed E-state index contributed by atoms with van der Waals surface area (Å²) < 4.78 is 11.3. The normalized spacial score (nSPS) is 10.9. The molecule has 0 atom stereocenters. The summed E-state index contributed by atoms with van der Waals surface area (Å²) in [6, 6.07) is 10.4. The van der Waals surface area contributed by atoms with Crippen LogP contribution in [0.5, 0.6) is 0 Å². The Morgan fingerprint density at radius 3 is 2.93 bits per heavy atom. The predicted molar refractivity (Wildman–Crippen MR) is 101 cm³/mol. The average Bonchev–Trinajstić information content (AvgIpc) is 3.23. The van der Waals surface area contributed by atoms with Gasteiger partial charge in [-0.15, -0.1) is 5.10 Å². The van der Waals surface area contributed by atoms with Gasteiger partial charge in [0.25, 0.3) is 5.56 Å². The molecule has 0 spiro atoms. The highest BCUT2D eigenvalue weighted by Gasteiger charge is 2.12. The van der Waals surface area contributed by atoms with Crippen molar-refractivity contribution in [1.82, 2.24) is 30.1 Å². The van der Waals surface area contributed by atoms with Crippen LogP contribution in [0.4, 0.5) is 0 Å². The van der Waals surface area contributed by atoms with Crippen LogP contribution in [0.25, 0.3) is 22.3 Å². The van der Waals surface area contributed by atoms with Crippen LogP contribution in [0.15, 0.2) is 58.1 Å². The molecule has 0 radical (unpaired) electrons. The predicted octanol–water partition coefficient (Wildman–Crippen LogP) is 1.41. The van der Waals surface area contributed by atoms with Gasteiger partial charge >= 0.3 is 5.97 Å². The van der Waals surface area contributed by atoms with Crippen LogP contribution in [-0.4, -0.2) is 42.7 Å². The summed E-state index contributed by atoms with van der Waals surface area (Å²) in [5, 5.41) is 12.0. The molecule has 0 amide bonds. The van der Waals surface area contributed by atoms with Crippen molar-refractivity contribution in [3.8, 4) is 11.4 Å². The number of carbonyl (C=O) groups excluding carboxylic acids is 1. The van der Waals surface area contributed by atoms with E-state index in [9.17, 15) is 9.59 Å². The summed E-state index contributed by atoms with van der Waals surface area (Å²) in [6.07, 6.45) is 4.26. The van der Waals surface area contributed by atoms with Crippen molar-refractivity contribution in [2.24, 2.45) is 0 Å². The second kappa shape index (κ2) is 8.38. The van der Waals surface area contributed by atoms with E-state index in [1.165, 1.54) is 0 Å². The molecule has 4 aromatic rings. The highest BCUT2D eigenvalue weighted by atomic mass is 16.5. The molecular formula is C19H16N6O4. The minimum absolute atomic E-state index is 0.152. The highest BCUT2D eigenvalue weighted by Crippen LogP contribution is 2.14. The zero-order valence-electron chi connectivity index (χ0n) is 15.3. The number of ether oxygens (including phenoxy) is 1. The molecule has 0 saturated carbocycles. The number of carbonyl (C=O) groups is 1. The standard InChI is InChI=1S/C19H16N6O4/c26-17(12-25-19(27)14-6-1-2-7-15(14)22-24-25)28-10-4-8-16-21-18(23-29-16)13-5-3-9-20-11-13/h1-3,5-7,9,11H,4,8,10,12H2. The maximum absolute atomic E-state index is 12.3. The minimum Gasteiger partial charge on any atom is -0.464 e. The molecular weight excluding hydrogens is 376 g/mol. The molecule has 146 valence electrons. The maximum Gasteiger partial charge on any atom is 0.327 e. The number of hydrogen-bond acceptors (Lipinski definition) is 9. The van der Waals surface area contributed by atoms with Crippen molar-refractivity contribution in [2.45, 2.75) is 19.4 Å². The zero-order valence-corrected chi connectivity index (χ0v) is 15.3. The third-order valence-electron chi connectivity index (χ3n) is 4.09. The topological polar surface area (TPSA) is 126 Å². The van der Waals surface area contributed by atoms with Crippen LogP contribution in [-0.2, 0) is 22.5 Å². The van der Waals surface area contributed by atoms with Crippen molar-refractivity contribution >= 4 is 16.9 Å². The molecule has 0 aliphatic carbocycles. The Hall–Kier alpha value is -3.95. The smallest absolute Gasteiger partial charge is 0.327 e. The first-order chi connectivity index (χ1) is 14.2. The van der Waals surface area contributed by atoms with Gasteiger partial charge in [-0.25, -0.2) is 0 Å². The van der Waals surface area contributed by atoms with Gasteiger partial charge in [0.05, 0.1) is 12.0 Å². The van der Waals surface area contributed by atoms with Crippen molar-refractivity contribution in [3.05, 3.63) is 65.0 Å². The quantitative estimate of drug-likeness (QED) is 0.339. The summed E-state index contributed by atoms with van der Waals surface area (Å²) in [5.41, 5.74) is 0.851. The third kappa shape index (κ3) is 4.32. The van der Waals surface area contributed by atoms with Gasteiger partial charge in [0, 0.05) is 24.4 Å². The van der Waals surface area contributed by atoms with Gasteiger partial charge in [-0.2, -0.15) is 9.67 Å². The van der Waals surface area contributed by atoms with E-state index in [0.717, 1.165) is 10.2 Å². The zero-order chi connectivity index (χ0) is 20.1. The number of aryl methyl sites for hydroxylation is 1. The van der Waals surface area contributed by atoms with E-state index < -0.39 is 5.97 Å². The van der Waals surface area contributed by atoms with Crippen molar-refractivity contribution in [2.75, 3.05) is 6.61 Å². The molecule has 0 aliphatic rings. The summed E-state index contributed by atoms with van der Waals surface area (Å²) >= 11 is 0. The molecule has 3 heterocycles. The molecule has 0 saturated heterocycles. The SMILES string of the molecule is O=C(Cn1nnc2ccccc2c1=O)OCCCc1nc(-c2cccnc2)no1. The lowest BCUT2D eigenvalue weighted by molar-refractivity contribution is -0.144. The molecule has 0 N–H and O–H groups in total. The molecule has 3 aromatic heterocycles. The Morgan fingerprint density at radius 1 is 1.17 bits per heavy atom. The molecule has 0 fully saturated rings. The van der Waals surface area contributed by atoms with E-state index in [4.69, 9.17) is 9.26 Å². The number of esters is 1. The second-order valence-electron chi connectivity index (χ2n) is 6.15. The summed E-state index contributed by atoms with van der Waals surface area (Å²) in [5.74, 6) is 0.328. The lowest BCUT2D eigenvalue weighted by Crippen LogP contribution is -2.28. The minimum atomic E-state index is -0.571. The highest BCUT2D eigenvalue weighted by molar-refractivity contribution is 5.77. The maximum atomic E-state index is 12.3. The van der Waals surface area contributed by atoms with E-state index >= 15 is 0 Å². The number of fused-ring (bicyclic) bond motifs is 1. The van der Waals surface area contributed by atoms with E-state index in [1.54, 1.807) is 42.7 Å². The lowest BCUT2D eigenvalue weighted by Gasteiger charge is -2.05. The van der Waals surface area contributed by atoms with Crippen LogP contribution in [0.3, 0.4) is 0 Å². The average molecular weight is 392 g/mol. The first-order valence-corrected chi connectivity index (χ1v) is 8.92. The number of benzene rings is 1. The fraction of sp³-hybridized carbons (Fsp3) is 0.211. The van der Waals surface area contributed by atoms with Gasteiger partial charge in [0.2, 0.25) is 11.7 Å². The van der Waals surface area contributed by atoms with Gasteiger partial charge < -0.3 is 9.26 Å². The van der Waals surface area contributed by atoms with Crippen LogP contribution in [0.2, 0.25) is 0 Å². The van der Waals surface area contributed by atoms with Gasteiger partial charge in [-0.3, -0.25) is 14.6 Å². The molecule has 0 unspecified atom stereocenters. The Labute approximate surface area is 164 Å². The number of rotatable bonds is 7. The number of nitrogens with zero attached hydrogens (tertiary/aromatic N) is 6. The Kier molecular flexibility index (Phi) is 5.32. The van der Waals surface area contributed by atoms with Crippen LogP contribution < -0.4 is 5.56 Å². The van der Waals surface area contributed by atoms with Crippen LogP contribution in [0.1, 0.15) is 12.3 Å². The summed E-state index contributed by atoms with van der Waals surface area (Å²) in [7, 11) is 0. The monoisotopic (exact) mass is 392 g/mol. The Bertz CT molecular complexity index is 1190. The largest absolute Gasteiger partial charge is 0.464 e. The molecule has 10 nitrogen and oxygen atoms in total. The van der Waals surface area contributed by atoms with E-state index in [0.29, 0.717) is 35.5 Å². The number of aromatic nitrogens is 6. The molecule has 0 bridgehead atoms. The number of pyridine rings is 1. The van der Waals surface area contributed by atoms with Gasteiger partial charge in [0.15, 0.2) is 0 Å². The summed E-state index contributed by atoms with van der Waals surface area (Å²) in [6.45, 7) is -0.151. The fourth-order valence-electron chi connectivity index (χ4n) is 2.67. The lowest BCUT2D eigenvalue weighted by atomic mass is 10.2. The van der Waals surface area contributed by atoms with Crippen LogP contribution in [0, 0.1) is 0 Å². The van der Waals surface area contributed by atoms with Crippen LogP contribution >= 0.6 is 0 Å². The van der Waals surface area contributed by atoms with E-state index in [2.05, 4.69) is 25.4 Å². The van der Waals surface area contributed by atoms with Crippen molar-refractivity contribution < 1.29 is 14.1 Å².